The van der Waals surface area contributed by atoms with Gasteiger partial charge in [0.1, 0.15) is 0 Å². The van der Waals surface area contributed by atoms with Crippen LogP contribution in [0.5, 0.6) is 0 Å². The van der Waals surface area contributed by atoms with E-state index in [0.717, 1.165) is 42.6 Å². The highest BCUT2D eigenvalue weighted by Gasteiger charge is 2.25. The molecule has 1 aromatic heterocycles. The number of aryl methyl sites for hydroxylation is 1. The molecule has 2 rings (SSSR count). The maximum atomic E-state index is 6.01. The second-order valence-corrected chi connectivity index (χ2v) is 4.75. The minimum absolute atomic E-state index is 0.805. The Morgan fingerprint density at radius 1 is 1.44 bits per heavy atom. The normalized spacial score (nSPS) is 15.1. The average molecular weight is 219 g/mol. The van der Waals surface area contributed by atoms with Gasteiger partial charge in [0.15, 0.2) is 5.82 Å². The summed E-state index contributed by atoms with van der Waals surface area (Å²) in [7, 11) is 0. The Morgan fingerprint density at radius 3 is 2.81 bits per heavy atom. The van der Waals surface area contributed by atoms with Gasteiger partial charge in [-0.15, -0.1) is 0 Å². The highest BCUT2D eigenvalue weighted by molar-refractivity contribution is 5.62. The molecule has 2 N–H and O–H groups in total. The highest BCUT2D eigenvalue weighted by atomic mass is 15.2. The summed E-state index contributed by atoms with van der Waals surface area (Å²) in [5, 5.41) is 0. The van der Waals surface area contributed by atoms with Crippen molar-refractivity contribution >= 4 is 11.5 Å². The molecule has 88 valence electrons. The van der Waals surface area contributed by atoms with Crippen LogP contribution in [0.3, 0.4) is 0 Å². The zero-order valence-corrected chi connectivity index (χ0v) is 10.2. The molecular weight excluding hydrogens is 198 g/mol. The van der Waals surface area contributed by atoms with Gasteiger partial charge in [-0.2, -0.15) is 0 Å². The summed E-state index contributed by atoms with van der Waals surface area (Å²) >= 11 is 0. The van der Waals surface area contributed by atoms with Crippen LogP contribution in [0, 0.1) is 12.8 Å². The summed E-state index contributed by atoms with van der Waals surface area (Å²) < 4.78 is 0. The van der Waals surface area contributed by atoms with Gasteiger partial charge in [-0.05, 0) is 44.2 Å². The van der Waals surface area contributed by atoms with Crippen molar-refractivity contribution in [2.75, 3.05) is 23.7 Å². The van der Waals surface area contributed by atoms with Crippen LogP contribution < -0.4 is 10.6 Å². The lowest BCUT2D eigenvalue weighted by molar-refractivity contribution is 0.699. The third kappa shape index (κ3) is 2.65. The lowest BCUT2D eigenvalue weighted by Gasteiger charge is -2.24. The Morgan fingerprint density at radius 2 is 2.19 bits per heavy atom. The summed E-state index contributed by atoms with van der Waals surface area (Å²) in [6.07, 6.45) is 3.87. The summed E-state index contributed by atoms with van der Waals surface area (Å²) in [5.74, 6) is 1.85. The molecule has 0 aromatic carbocycles. The fraction of sp³-hybridized carbons (Fsp3) is 0.615. The molecular formula is C13H21N3. The van der Waals surface area contributed by atoms with Crippen LogP contribution in [0.15, 0.2) is 12.1 Å². The van der Waals surface area contributed by atoms with Crippen LogP contribution in [0.2, 0.25) is 0 Å². The third-order valence-corrected chi connectivity index (χ3v) is 3.01. The van der Waals surface area contributed by atoms with Gasteiger partial charge in [0, 0.05) is 18.8 Å². The predicted molar refractivity (Wildman–Crippen MR) is 68.6 cm³/mol. The first-order chi connectivity index (χ1) is 7.70. The number of rotatable bonds is 5. The summed E-state index contributed by atoms with van der Waals surface area (Å²) in [4.78, 5) is 6.92. The van der Waals surface area contributed by atoms with Gasteiger partial charge in [0.2, 0.25) is 0 Å². The van der Waals surface area contributed by atoms with E-state index in [9.17, 15) is 0 Å². The van der Waals surface area contributed by atoms with Gasteiger partial charge in [-0.3, -0.25) is 0 Å². The van der Waals surface area contributed by atoms with Crippen molar-refractivity contribution in [2.24, 2.45) is 5.92 Å². The van der Waals surface area contributed by atoms with E-state index in [1.165, 1.54) is 12.8 Å². The summed E-state index contributed by atoms with van der Waals surface area (Å²) in [6, 6.07) is 3.94. The Kier molecular flexibility index (Phi) is 3.32. The first-order valence-corrected chi connectivity index (χ1v) is 6.18. The monoisotopic (exact) mass is 219 g/mol. The quantitative estimate of drug-likeness (QED) is 0.827. The number of nitrogens with two attached hydrogens (primary N) is 1. The maximum Gasteiger partial charge on any atom is 0.152 e. The van der Waals surface area contributed by atoms with Crippen molar-refractivity contribution < 1.29 is 0 Å². The number of pyridine rings is 1. The van der Waals surface area contributed by atoms with Gasteiger partial charge in [-0.25, -0.2) is 4.98 Å². The molecule has 0 unspecified atom stereocenters. The molecule has 0 spiro atoms. The molecule has 1 aromatic rings. The first kappa shape index (κ1) is 11.2. The van der Waals surface area contributed by atoms with Crippen LogP contribution in [-0.4, -0.2) is 18.1 Å². The molecule has 0 radical (unpaired) electrons. The molecule has 3 heteroatoms. The molecule has 1 aliphatic rings. The van der Waals surface area contributed by atoms with Crippen LogP contribution in [-0.2, 0) is 0 Å². The molecule has 0 atom stereocenters. The molecule has 1 saturated carbocycles. The number of aromatic nitrogens is 1. The number of nitrogen functional groups attached to an aromatic ring is 1. The van der Waals surface area contributed by atoms with Crippen molar-refractivity contribution in [1.82, 2.24) is 4.98 Å². The predicted octanol–water partition coefficient (Wildman–Crippen LogP) is 2.60. The Labute approximate surface area is 97.7 Å². The molecule has 0 bridgehead atoms. The topological polar surface area (TPSA) is 42.2 Å². The van der Waals surface area contributed by atoms with E-state index in [0.29, 0.717) is 0 Å². The summed E-state index contributed by atoms with van der Waals surface area (Å²) in [6.45, 7) is 6.39. The number of hydrogen-bond acceptors (Lipinski definition) is 3. The minimum Gasteiger partial charge on any atom is -0.396 e. The maximum absolute atomic E-state index is 6.01. The number of anilines is 2. The van der Waals surface area contributed by atoms with E-state index in [4.69, 9.17) is 5.73 Å². The molecule has 1 aliphatic carbocycles. The lowest BCUT2D eigenvalue weighted by atomic mass is 10.2. The molecule has 0 saturated heterocycles. The van der Waals surface area contributed by atoms with Crippen LogP contribution in [0.25, 0.3) is 0 Å². The number of hydrogen-bond donors (Lipinski definition) is 1. The average Bonchev–Trinajstić information content (AvgIpc) is 3.05. The fourth-order valence-corrected chi connectivity index (χ4v) is 1.97. The molecule has 0 amide bonds. The van der Waals surface area contributed by atoms with Crippen molar-refractivity contribution in [1.29, 1.82) is 0 Å². The van der Waals surface area contributed by atoms with E-state index in [1.54, 1.807) is 0 Å². The van der Waals surface area contributed by atoms with E-state index >= 15 is 0 Å². The molecule has 16 heavy (non-hydrogen) atoms. The van der Waals surface area contributed by atoms with Gasteiger partial charge in [0.05, 0.1) is 5.69 Å². The molecule has 1 fully saturated rings. The molecule has 1 heterocycles. The van der Waals surface area contributed by atoms with E-state index < -0.39 is 0 Å². The van der Waals surface area contributed by atoms with Crippen LogP contribution >= 0.6 is 0 Å². The Bertz CT molecular complexity index is 358. The van der Waals surface area contributed by atoms with Crippen molar-refractivity contribution in [3.05, 3.63) is 17.8 Å². The van der Waals surface area contributed by atoms with Crippen LogP contribution in [0.4, 0.5) is 11.5 Å². The van der Waals surface area contributed by atoms with Crippen molar-refractivity contribution in [2.45, 2.75) is 33.1 Å². The van der Waals surface area contributed by atoms with Crippen LogP contribution in [0.1, 0.15) is 31.9 Å². The van der Waals surface area contributed by atoms with Gasteiger partial charge >= 0.3 is 0 Å². The minimum atomic E-state index is 0.805. The van der Waals surface area contributed by atoms with E-state index in [-0.39, 0.29) is 0 Å². The zero-order chi connectivity index (χ0) is 11.5. The standard InChI is InChI=1S/C13H21N3/c1-3-8-16(9-11-5-6-11)13-12(14)7-4-10(2)15-13/h4,7,11H,3,5-6,8-9,14H2,1-2H3. The highest BCUT2D eigenvalue weighted by Crippen LogP contribution is 2.32. The second kappa shape index (κ2) is 4.73. The Balaban J connectivity index is 2.18. The lowest BCUT2D eigenvalue weighted by Crippen LogP contribution is -2.28. The fourth-order valence-electron chi connectivity index (χ4n) is 1.97. The van der Waals surface area contributed by atoms with E-state index in [2.05, 4.69) is 16.8 Å². The smallest absolute Gasteiger partial charge is 0.152 e. The SMILES string of the molecule is CCCN(CC1CC1)c1nc(C)ccc1N. The summed E-state index contributed by atoms with van der Waals surface area (Å²) in [5.41, 5.74) is 7.86. The Hall–Kier alpha value is -1.25. The number of nitrogens with zero attached hydrogens (tertiary/aromatic N) is 2. The zero-order valence-electron chi connectivity index (χ0n) is 10.2. The van der Waals surface area contributed by atoms with Gasteiger partial charge in [-0.1, -0.05) is 6.92 Å². The molecule has 0 aliphatic heterocycles. The second-order valence-electron chi connectivity index (χ2n) is 4.75. The van der Waals surface area contributed by atoms with Gasteiger partial charge < -0.3 is 10.6 Å². The van der Waals surface area contributed by atoms with Gasteiger partial charge in [0.25, 0.3) is 0 Å². The molecule has 3 nitrogen and oxygen atoms in total. The van der Waals surface area contributed by atoms with E-state index in [1.807, 2.05) is 19.1 Å². The third-order valence-electron chi connectivity index (χ3n) is 3.01. The van der Waals surface area contributed by atoms with Crippen molar-refractivity contribution in [3.8, 4) is 0 Å². The first-order valence-electron chi connectivity index (χ1n) is 6.18. The largest absolute Gasteiger partial charge is 0.396 e. The van der Waals surface area contributed by atoms with Crippen molar-refractivity contribution in [3.63, 3.8) is 0 Å².